The lowest BCUT2D eigenvalue weighted by Gasteiger charge is -2.25. The lowest BCUT2D eigenvalue weighted by atomic mass is 10.0. The summed E-state index contributed by atoms with van der Waals surface area (Å²) in [5.74, 6) is 0.568. The van der Waals surface area contributed by atoms with Gasteiger partial charge < -0.3 is 4.90 Å². The molecule has 0 bridgehead atoms. The first-order chi connectivity index (χ1) is 11.1. The molecule has 1 aliphatic rings. The van der Waals surface area contributed by atoms with E-state index >= 15 is 0 Å². The Hall–Kier alpha value is -2.35. The quantitative estimate of drug-likeness (QED) is 0.747. The van der Waals surface area contributed by atoms with Gasteiger partial charge in [0.15, 0.2) is 0 Å². The summed E-state index contributed by atoms with van der Waals surface area (Å²) in [6.07, 6.45) is 2.91. The number of likely N-dealkylation sites (tertiary alicyclic amines) is 1. The molecule has 1 unspecified atom stereocenters. The number of allylic oxidation sites excluding steroid dienone is 1. The van der Waals surface area contributed by atoms with Gasteiger partial charge in [0.2, 0.25) is 5.91 Å². The molecule has 2 heteroatoms. The van der Waals surface area contributed by atoms with Crippen LogP contribution in [0.2, 0.25) is 0 Å². The number of benzene rings is 2. The van der Waals surface area contributed by atoms with Crippen molar-refractivity contribution in [3.05, 3.63) is 83.4 Å². The molecule has 1 atom stereocenters. The van der Waals surface area contributed by atoms with E-state index in [0.29, 0.717) is 12.5 Å². The third kappa shape index (κ3) is 3.53. The molecule has 1 aliphatic heterocycles. The molecular weight excluding hydrogens is 282 g/mol. The first-order valence-electron chi connectivity index (χ1n) is 8.25. The number of carbonyl (C=O) groups is 1. The molecule has 0 saturated carbocycles. The zero-order valence-corrected chi connectivity index (χ0v) is 13.8. The fraction of sp³-hybridized carbons (Fsp3) is 0.286. The maximum absolute atomic E-state index is 12.9. The Kier molecular flexibility index (Phi) is 4.61. The first kappa shape index (κ1) is 15.5. The van der Waals surface area contributed by atoms with Gasteiger partial charge in [-0.3, -0.25) is 4.79 Å². The van der Waals surface area contributed by atoms with E-state index in [1.54, 1.807) is 0 Å². The molecule has 0 radical (unpaired) electrons. The summed E-state index contributed by atoms with van der Waals surface area (Å²) in [6.45, 7) is 4.91. The van der Waals surface area contributed by atoms with Crippen LogP contribution in [0.15, 0.2) is 72.3 Å². The third-order valence-electron chi connectivity index (χ3n) is 4.24. The maximum atomic E-state index is 12.9. The second kappa shape index (κ2) is 6.82. The Morgan fingerprint density at radius 1 is 1.04 bits per heavy atom. The van der Waals surface area contributed by atoms with Gasteiger partial charge in [0.1, 0.15) is 0 Å². The van der Waals surface area contributed by atoms with E-state index in [1.165, 1.54) is 11.1 Å². The highest BCUT2D eigenvalue weighted by Crippen LogP contribution is 2.37. The van der Waals surface area contributed by atoms with E-state index < -0.39 is 0 Å². The molecule has 3 rings (SSSR count). The Bertz CT molecular complexity index is 688. The van der Waals surface area contributed by atoms with Gasteiger partial charge in [-0.1, -0.05) is 80.6 Å². The van der Waals surface area contributed by atoms with Crippen LogP contribution in [0.1, 0.15) is 37.4 Å². The maximum Gasteiger partial charge on any atom is 0.250 e. The highest BCUT2D eigenvalue weighted by molar-refractivity contribution is 5.96. The predicted molar refractivity (Wildman–Crippen MR) is 93.7 cm³/mol. The van der Waals surface area contributed by atoms with Crippen LogP contribution in [0.25, 0.3) is 0 Å². The molecule has 0 aliphatic carbocycles. The van der Waals surface area contributed by atoms with Crippen LogP contribution in [0.5, 0.6) is 0 Å². The second-order valence-electron chi connectivity index (χ2n) is 6.49. The van der Waals surface area contributed by atoms with Gasteiger partial charge in [-0.05, 0) is 17.0 Å². The fourth-order valence-corrected chi connectivity index (χ4v) is 3.21. The normalized spacial score (nSPS) is 19.8. The van der Waals surface area contributed by atoms with E-state index in [-0.39, 0.29) is 11.9 Å². The van der Waals surface area contributed by atoms with E-state index in [1.807, 2.05) is 41.3 Å². The van der Waals surface area contributed by atoms with Crippen molar-refractivity contribution in [3.63, 3.8) is 0 Å². The van der Waals surface area contributed by atoms with Gasteiger partial charge in [0.05, 0.1) is 6.04 Å². The summed E-state index contributed by atoms with van der Waals surface area (Å²) in [5, 5.41) is 0. The highest BCUT2D eigenvalue weighted by Gasteiger charge is 2.35. The second-order valence-corrected chi connectivity index (χ2v) is 6.49. The summed E-state index contributed by atoms with van der Waals surface area (Å²) < 4.78 is 0. The molecule has 1 amide bonds. The molecular formula is C21H23NO. The van der Waals surface area contributed by atoms with Crippen molar-refractivity contribution in [2.24, 2.45) is 5.92 Å². The molecule has 0 N–H and O–H groups in total. The van der Waals surface area contributed by atoms with Gasteiger partial charge in [-0.25, -0.2) is 0 Å². The number of nitrogens with zero attached hydrogens (tertiary/aromatic N) is 1. The minimum atomic E-state index is 0.133. The van der Waals surface area contributed by atoms with Crippen molar-refractivity contribution in [1.82, 2.24) is 4.90 Å². The smallest absolute Gasteiger partial charge is 0.250 e. The summed E-state index contributed by atoms with van der Waals surface area (Å²) in [4.78, 5) is 14.9. The Balaban J connectivity index is 1.93. The molecule has 1 heterocycles. The van der Waals surface area contributed by atoms with Crippen LogP contribution in [-0.2, 0) is 11.3 Å². The fourth-order valence-electron chi connectivity index (χ4n) is 3.21. The van der Waals surface area contributed by atoms with Gasteiger partial charge in [-0.2, -0.15) is 0 Å². The molecule has 118 valence electrons. The van der Waals surface area contributed by atoms with Crippen LogP contribution in [-0.4, -0.2) is 10.8 Å². The number of amides is 1. The largest absolute Gasteiger partial charge is 0.327 e. The summed E-state index contributed by atoms with van der Waals surface area (Å²) in [6, 6.07) is 20.7. The number of hydrogen-bond donors (Lipinski definition) is 0. The highest BCUT2D eigenvalue weighted by atomic mass is 16.2. The molecule has 2 nitrogen and oxygen atoms in total. The standard InChI is InChI=1S/C21H23NO/c1-16(2)13-19-14-20(18-11-7-4-8-12-18)22(21(19)23)15-17-9-5-3-6-10-17/h3-13,16,20H,14-15H2,1-2H3/b19-13+. The van der Waals surface area contributed by atoms with Crippen LogP contribution >= 0.6 is 0 Å². The third-order valence-corrected chi connectivity index (χ3v) is 4.24. The molecule has 23 heavy (non-hydrogen) atoms. The van der Waals surface area contributed by atoms with Crippen molar-refractivity contribution in [1.29, 1.82) is 0 Å². The lowest BCUT2D eigenvalue weighted by Crippen LogP contribution is -2.27. The predicted octanol–water partition coefficient (Wildman–Crippen LogP) is 4.74. The van der Waals surface area contributed by atoms with Crippen LogP contribution < -0.4 is 0 Å². The summed E-state index contributed by atoms with van der Waals surface area (Å²) in [7, 11) is 0. The molecule has 0 spiro atoms. The van der Waals surface area contributed by atoms with Crippen LogP contribution in [0.4, 0.5) is 0 Å². The van der Waals surface area contributed by atoms with Gasteiger partial charge in [0, 0.05) is 18.5 Å². The van der Waals surface area contributed by atoms with Gasteiger partial charge in [0.25, 0.3) is 0 Å². The number of carbonyl (C=O) groups excluding carboxylic acids is 1. The number of hydrogen-bond acceptors (Lipinski definition) is 1. The topological polar surface area (TPSA) is 20.3 Å². The summed E-state index contributed by atoms with van der Waals surface area (Å²) >= 11 is 0. The molecule has 2 aromatic rings. The van der Waals surface area contributed by atoms with Gasteiger partial charge >= 0.3 is 0 Å². The van der Waals surface area contributed by atoms with E-state index in [9.17, 15) is 4.79 Å². The first-order valence-corrected chi connectivity index (χ1v) is 8.25. The lowest BCUT2D eigenvalue weighted by molar-refractivity contribution is -0.127. The van der Waals surface area contributed by atoms with Crippen LogP contribution in [0, 0.1) is 5.92 Å². The van der Waals surface area contributed by atoms with Crippen molar-refractivity contribution >= 4 is 5.91 Å². The Labute approximate surface area is 138 Å². The minimum Gasteiger partial charge on any atom is -0.327 e. The molecule has 0 aromatic heterocycles. The minimum absolute atomic E-state index is 0.133. The molecule has 1 fully saturated rings. The van der Waals surface area contributed by atoms with E-state index in [0.717, 1.165) is 12.0 Å². The van der Waals surface area contributed by atoms with Crippen molar-refractivity contribution < 1.29 is 4.79 Å². The zero-order chi connectivity index (χ0) is 16.2. The van der Waals surface area contributed by atoms with Crippen molar-refractivity contribution in [2.45, 2.75) is 32.9 Å². The summed E-state index contributed by atoms with van der Waals surface area (Å²) in [5.41, 5.74) is 3.33. The van der Waals surface area contributed by atoms with Gasteiger partial charge in [-0.15, -0.1) is 0 Å². The van der Waals surface area contributed by atoms with Crippen molar-refractivity contribution in [3.8, 4) is 0 Å². The van der Waals surface area contributed by atoms with Crippen molar-refractivity contribution in [2.75, 3.05) is 0 Å². The monoisotopic (exact) mass is 305 g/mol. The zero-order valence-electron chi connectivity index (χ0n) is 13.8. The average molecular weight is 305 g/mol. The van der Waals surface area contributed by atoms with E-state index in [4.69, 9.17) is 0 Å². The molecule has 1 saturated heterocycles. The SMILES string of the molecule is CC(C)/C=C1\CC(c2ccccc2)N(Cc2ccccc2)C1=O. The van der Waals surface area contributed by atoms with Crippen LogP contribution in [0.3, 0.4) is 0 Å². The average Bonchev–Trinajstić information content (AvgIpc) is 2.86. The van der Waals surface area contributed by atoms with E-state index in [2.05, 4.69) is 44.2 Å². The Morgan fingerprint density at radius 3 is 2.26 bits per heavy atom. The molecule has 2 aromatic carbocycles. The Morgan fingerprint density at radius 2 is 1.65 bits per heavy atom. The number of rotatable bonds is 4.